The minimum absolute atomic E-state index is 0.0262. The van der Waals surface area contributed by atoms with E-state index in [2.05, 4.69) is 5.32 Å². The lowest BCUT2D eigenvalue weighted by molar-refractivity contribution is -0.139. The minimum atomic E-state index is -3.55. The topological polar surface area (TPSA) is 101 Å². The lowest BCUT2D eigenvalue weighted by atomic mass is 10.1. The summed E-state index contributed by atoms with van der Waals surface area (Å²) in [4.78, 5) is 23.2. The van der Waals surface area contributed by atoms with Crippen molar-refractivity contribution in [2.45, 2.75) is 37.6 Å². The number of nitrogens with one attached hydrogen (secondary N) is 1. The molecule has 2 N–H and O–H groups in total. The molecule has 6 nitrogen and oxygen atoms in total. The minimum Gasteiger partial charge on any atom is -0.480 e. The van der Waals surface area contributed by atoms with Crippen LogP contribution in [0.15, 0.2) is 29.2 Å². The summed E-state index contributed by atoms with van der Waals surface area (Å²) < 4.78 is 24.0. The average molecular weight is 313 g/mol. The summed E-state index contributed by atoms with van der Waals surface area (Å²) in [5.41, 5.74) is -0.0262. The fourth-order valence-electron chi connectivity index (χ4n) is 1.86. The van der Waals surface area contributed by atoms with Crippen LogP contribution in [0.25, 0.3) is 0 Å². The highest BCUT2D eigenvalue weighted by Gasteiger charge is 2.24. The molecule has 0 aliphatic carbocycles. The first-order valence-corrected chi connectivity index (χ1v) is 8.34. The second kappa shape index (κ2) is 7.21. The maximum atomic E-state index is 12.2. The van der Waals surface area contributed by atoms with Gasteiger partial charge in [0.15, 0.2) is 9.84 Å². The zero-order valence-electron chi connectivity index (χ0n) is 12.0. The third kappa shape index (κ3) is 4.29. The van der Waals surface area contributed by atoms with Crippen LogP contribution >= 0.6 is 0 Å². The lowest BCUT2D eigenvalue weighted by Crippen LogP contribution is -2.41. The number of carbonyl (C=O) groups excluding carboxylic acids is 1. The molecule has 1 atom stereocenters. The highest BCUT2D eigenvalue weighted by atomic mass is 32.2. The van der Waals surface area contributed by atoms with Crippen LogP contribution in [0, 0.1) is 0 Å². The van der Waals surface area contributed by atoms with Crippen molar-refractivity contribution in [3.05, 3.63) is 29.8 Å². The largest absolute Gasteiger partial charge is 0.480 e. The lowest BCUT2D eigenvalue weighted by Gasteiger charge is -2.15. The van der Waals surface area contributed by atoms with Crippen LogP contribution in [0.2, 0.25) is 0 Å². The Labute approximate surface area is 124 Å². The monoisotopic (exact) mass is 313 g/mol. The number of aliphatic carboxylic acids is 1. The fraction of sp³-hybridized carbons (Fsp3) is 0.429. The Morgan fingerprint density at radius 2 is 1.86 bits per heavy atom. The number of rotatable bonds is 7. The Morgan fingerprint density at radius 3 is 2.38 bits per heavy atom. The van der Waals surface area contributed by atoms with Gasteiger partial charge in [0.1, 0.15) is 6.04 Å². The summed E-state index contributed by atoms with van der Waals surface area (Å²) in [5, 5.41) is 11.4. The van der Waals surface area contributed by atoms with Crippen molar-refractivity contribution in [3.63, 3.8) is 0 Å². The van der Waals surface area contributed by atoms with E-state index >= 15 is 0 Å². The Hall–Kier alpha value is -1.89. The molecule has 1 unspecified atom stereocenters. The van der Waals surface area contributed by atoms with Gasteiger partial charge < -0.3 is 10.4 Å². The van der Waals surface area contributed by atoms with Gasteiger partial charge in [-0.05, 0) is 18.6 Å². The molecule has 0 aromatic heterocycles. The van der Waals surface area contributed by atoms with Crippen molar-refractivity contribution in [3.8, 4) is 0 Å². The SMILES string of the molecule is CCCC(NC(=O)c1ccccc1S(=O)(=O)CC)C(=O)O. The van der Waals surface area contributed by atoms with E-state index < -0.39 is 27.8 Å². The number of amides is 1. The maximum Gasteiger partial charge on any atom is 0.326 e. The molecule has 0 aliphatic heterocycles. The third-order valence-corrected chi connectivity index (χ3v) is 4.81. The van der Waals surface area contributed by atoms with E-state index in [9.17, 15) is 18.0 Å². The highest BCUT2D eigenvalue weighted by Crippen LogP contribution is 2.17. The normalized spacial score (nSPS) is 12.7. The molecular formula is C14H19NO5S. The summed E-state index contributed by atoms with van der Waals surface area (Å²) in [6.07, 6.45) is 0.871. The van der Waals surface area contributed by atoms with E-state index in [1.54, 1.807) is 13.0 Å². The summed E-state index contributed by atoms with van der Waals surface area (Å²) in [6, 6.07) is 4.77. The highest BCUT2D eigenvalue weighted by molar-refractivity contribution is 7.91. The Kier molecular flexibility index (Phi) is 5.90. The van der Waals surface area contributed by atoms with Crippen LogP contribution in [0.3, 0.4) is 0 Å². The molecule has 7 heteroatoms. The van der Waals surface area contributed by atoms with Gasteiger partial charge in [-0.25, -0.2) is 13.2 Å². The zero-order chi connectivity index (χ0) is 16.0. The van der Waals surface area contributed by atoms with E-state index in [1.165, 1.54) is 25.1 Å². The smallest absolute Gasteiger partial charge is 0.326 e. The molecule has 1 rings (SSSR count). The fourth-order valence-corrected chi connectivity index (χ4v) is 2.96. The summed E-state index contributed by atoms with van der Waals surface area (Å²) in [7, 11) is -3.55. The Balaban J connectivity index is 3.11. The van der Waals surface area contributed by atoms with Gasteiger partial charge in [0, 0.05) is 0 Å². The molecule has 1 aromatic rings. The number of hydrogen-bond acceptors (Lipinski definition) is 4. The van der Waals surface area contributed by atoms with E-state index in [0.717, 1.165) is 0 Å². The molecule has 21 heavy (non-hydrogen) atoms. The quantitative estimate of drug-likeness (QED) is 0.793. The van der Waals surface area contributed by atoms with E-state index in [1.807, 2.05) is 0 Å². The van der Waals surface area contributed by atoms with Gasteiger partial charge in [-0.15, -0.1) is 0 Å². The predicted molar refractivity (Wildman–Crippen MR) is 78.0 cm³/mol. The van der Waals surface area contributed by atoms with Crippen LogP contribution in [-0.4, -0.2) is 37.2 Å². The van der Waals surface area contributed by atoms with Crippen molar-refractivity contribution >= 4 is 21.7 Å². The van der Waals surface area contributed by atoms with Gasteiger partial charge in [-0.2, -0.15) is 0 Å². The van der Waals surface area contributed by atoms with Crippen molar-refractivity contribution in [2.75, 3.05) is 5.75 Å². The second-order valence-electron chi connectivity index (χ2n) is 4.55. The van der Waals surface area contributed by atoms with Crippen LogP contribution in [0.4, 0.5) is 0 Å². The van der Waals surface area contributed by atoms with Crippen LogP contribution in [0.1, 0.15) is 37.0 Å². The molecule has 0 bridgehead atoms. The number of carboxylic acids is 1. The van der Waals surface area contributed by atoms with Crippen LogP contribution < -0.4 is 5.32 Å². The number of hydrogen-bond donors (Lipinski definition) is 2. The van der Waals surface area contributed by atoms with Gasteiger partial charge in [-0.1, -0.05) is 32.4 Å². The molecule has 116 valence electrons. The first-order valence-electron chi connectivity index (χ1n) is 6.69. The summed E-state index contributed by atoms with van der Waals surface area (Å²) in [6.45, 7) is 3.29. The van der Waals surface area contributed by atoms with Crippen LogP contribution in [-0.2, 0) is 14.6 Å². The summed E-state index contributed by atoms with van der Waals surface area (Å²) >= 11 is 0. The molecule has 0 saturated carbocycles. The van der Waals surface area contributed by atoms with Crippen molar-refractivity contribution in [2.24, 2.45) is 0 Å². The molecule has 1 amide bonds. The average Bonchev–Trinajstić information content (AvgIpc) is 2.46. The van der Waals surface area contributed by atoms with Crippen molar-refractivity contribution in [1.29, 1.82) is 0 Å². The Bertz CT molecular complexity index is 624. The molecule has 0 heterocycles. The molecule has 0 aliphatic rings. The van der Waals surface area contributed by atoms with E-state index in [-0.39, 0.29) is 22.6 Å². The van der Waals surface area contributed by atoms with Crippen molar-refractivity contribution < 1.29 is 23.1 Å². The molecule has 0 radical (unpaired) electrons. The molecule has 0 fully saturated rings. The predicted octanol–water partition coefficient (Wildman–Crippen LogP) is 1.46. The first-order chi connectivity index (χ1) is 9.83. The zero-order valence-corrected chi connectivity index (χ0v) is 12.8. The number of carboxylic acid groups (broad SMARTS) is 1. The number of carbonyl (C=O) groups is 2. The first kappa shape index (κ1) is 17.2. The van der Waals surface area contributed by atoms with Crippen LogP contribution in [0.5, 0.6) is 0 Å². The van der Waals surface area contributed by atoms with Gasteiger partial charge in [0.25, 0.3) is 5.91 Å². The maximum absolute atomic E-state index is 12.2. The second-order valence-corrected chi connectivity index (χ2v) is 6.80. The third-order valence-electron chi connectivity index (χ3n) is 3.03. The van der Waals surface area contributed by atoms with Gasteiger partial charge in [0.05, 0.1) is 16.2 Å². The van der Waals surface area contributed by atoms with Crippen molar-refractivity contribution in [1.82, 2.24) is 5.32 Å². The standard InChI is InChI=1S/C14H19NO5S/c1-3-7-11(14(17)18)15-13(16)10-8-5-6-9-12(10)21(19,20)4-2/h5-6,8-9,11H,3-4,7H2,1-2H3,(H,15,16)(H,17,18). The summed E-state index contributed by atoms with van der Waals surface area (Å²) in [5.74, 6) is -1.96. The molecule has 1 aromatic carbocycles. The number of sulfone groups is 1. The van der Waals surface area contributed by atoms with Gasteiger partial charge in [0.2, 0.25) is 0 Å². The van der Waals surface area contributed by atoms with Gasteiger partial charge >= 0.3 is 5.97 Å². The molecule has 0 spiro atoms. The van der Waals surface area contributed by atoms with E-state index in [0.29, 0.717) is 6.42 Å². The molecular weight excluding hydrogens is 294 g/mol. The Morgan fingerprint density at radius 1 is 1.24 bits per heavy atom. The molecule has 0 saturated heterocycles. The number of benzene rings is 1. The van der Waals surface area contributed by atoms with E-state index in [4.69, 9.17) is 5.11 Å². The van der Waals surface area contributed by atoms with Gasteiger partial charge in [-0.3, -0.25) is 4.79 Å².